The third-order valence-corrected chi connectivity index (χ3v) is 4.90. The number of hydrogen-bond donors (Lipinski definition) is 1. The molecule has 1 aromatic heterocycles. The van der Waals surface area contributed by atoms with Gasteiger partial charge in [0.1, 0.15) is 5.69 Å². The topological polar surface area (TPSA) is 63.1 Å². The minimum absolute atomic E-state index is 0.00131. The van der Waals surface area contributed by atoms with E-state index >= 15 is 0 Å². The van der Waals surface area contributed by atoms with Gasteiger partial charge in [0.2, 0.25) is 0 Å². The van der Waals surface area contributed by atoms with Gasteiger partial charge in [0.15, 0.2) is 0 Å². The molecule has 1 N–H and O–H groups in total. The summed E-state index contributed by atoms with van der Waals surface area (Å²) in [6, 6.07) is 6.51. The van der Waals surface area contributed by atoms with Crippen LogP contribution in [0.1, 0.15) is 73.5 Å². The number of carboxylic acid groups (broad SMARTS) is 1. The first-order valence-corrected chi connectivity index (χ1v) is 8.42. The van der Waals surface area contributed by atoms with Gasteiger partial charge in [0.25, 0.3) is 0 Å². The number of benzene rings is 1. The van der Waals surface area contributed by atoms with Crippen LogP contribution in [-0.4, -0.2) is 21.0 Å². The molecule has 0 fully saturated rings. The molecule has 0 radical (unpaired) electrons. The fourth-order valence-corrected chi connectivity index (χ4v) is 3.11. The monoisotopic (exact) mass is 334 g/mol. The third kappa shape index (κ3) is 3.41. The molecule has 1 aliphatic rings. The Morgan fingerprint density at radius 1 is 1.00 bits per heavy atom. The highest BCUT2D eigenvalue weighted by molar-refractivity contribution is 5.87. The Morgan fingerprint density at radius 3 is 2.20 bits per heavy atom. The fourth-order valence-electron chi connectivity index (χ4n) is 3.11. The number of nitrogens with zero attached hydrogens (tertiary/aromatic N) is 2. The van der Waals surface area contributed by atoms with Gasteiger partial charge in [0.05, 0.1) is 23.1 Å². The molecule has 1 aliphatic carbocycles. The van der Waals surface area contributed by atoms with Crippen LogP contribution in [0.2, 0.25) is 0 Å². The highest BCUT2D eigenvalue weighted by Gasteiger charge is 2.39. The standard InChI is InChI=1S/C21H22N2O2/c1-20(2)11-12-21(3,4)18-17(20)22-13-16(23-18)10-7-14-5-8-15(9-6-14)19(24)25/h5-6,8-9,13H,11-12H2,1-4H3,(H,24,25). The number of aromatic nitrogens is 2. The van der Waals surface area contributed by atoms with Crippen molar-refractivity contribution in [2.75, 3.05) is 0 Å². The number of carboxylic acids is 1. The van der Waals surface area contributed by atoms with Gasteiger partial charge in [-0.2, -0.15) is 0 Å². The smallest absolute Gasteiger partial charge is 0.335 e. The number of carbonyl (C=O) groups is 1. The van der Waals surface area contributed by atoms with Gasteiger partial charge in [-0.1, -0.05) is 33.6 Å². The molecule has 0 amide bonds. The van der Waals surface area contributed by atoms with Crippen molar-refractivity contribution >= 4 is 5.97 Å². The zero-order valence-electron chi connectivity index (χ0n) is 15.1. The maximum absolute atomic E-state index is 10.9. The van der Waals surface area contributed by atoms with Crippen LogP contribution in [-0.2, 0) is 10.8 Å². The Kier molecular flexibility index (Phi) is 4.12. The van der Waals surface area contributed by atoms with Crippen LogP contribution in [0, 0.1) is 11.8 Å². The lowest BCUT2D eigenvalue weighted by Crippen LogP contribution is -2.36. The van der Waals surface area contributed by atoms with E-state index in [4.69, 9.17) is 10.1 Å². The van der Waals surface area contributed by atoms with Crippen LogP contribution in [0.5, 0.6) is 0 Å². The van der Waals surface area contributed by atoms with Gasteiger partial charge < -0.3 is 5.11 Å². The molecule has 1 heterocycles. The van der Waals surface area contributed by atoms with Crippen LogP contribution in [0.25, 0.3) is 0 Å². The molecule has 0 aliphatic heterocycles. The van der Waals surface area contributed by atoms with Crippen molar-refractivity contribution in [3.63, 3.8) is 0 Å². The molecule has 128 valence electrons. The zero-order valence-corrected chi connectivity index (χ0v) is 15.1. The van der Waals surface area contributed by atoms with Gasteiger partial charge >= 0.3 is 5.97 Å². The Labute approximate surface area is 148 Å². The minimum atomic E-state index is -0.940. The van der Waals surface area contributed by atoms with E-state index in [1.807, 2.05) is 0 Å². The minimum Gasteiger partial charge on any atom is -0.478 e. The Hall–Kier alpha value is -2.67. The second kappa shape index (κ2) is 6.00. The van der Waals surface area contributed by atoms with E-state index in [0.29, 0.717) is 5.69 Å². The molecule has 0 atom stereocenters. The van der Waals surface area contributed by atoms with Crippen molar-refractivity contribution in [3.8, 4) is 11.8 Å². The SMILES string of the molecule is CC1(C)CCC(C)(C)c2nc(C#Cc3ccc(C(=O)O)cc3)cnc21. The van der Waals surface area contributed by atoms with Crippen LogP contribution >= 0.6 is 0 Å². The Balaban J connectivity index is 1.94. The number of rotatable bonds is 1. The summed E-state index contributed by atoms with van der Waals surface area (Å²) in [4.78, 5) is 20.4. The highest BCUT2D eigenvalue weighted by Crippen LogP contribution is 2.43. The first kappa shape index (κ1) is 17.2. The van der Waals surface area contributed by atoms with Crippen LogP contribution in [0.4, 0.5) is 0 Å². The lowest BCUT2D eigenvalue weighted by atomic mass is 9.67. The van der Waals surface area contributed by atoms with Gasteiger partial charge in [-0.3, -0.25) is 4.98 Å². The van der Waals surface area contributed by atoms with E-state index in [1.54, 1.807) is 30.5 Å². The lowest BCUT2D eigenvalue weighted by Gasteiger charge is -2.39. The van der Waals surface area contributed by atoms with Crippen molar-refractivity contribution in [2.45, 2.75) is 51.4 Å². The molecule has 2 aromatic rings. The molecular weight excluding hydrogens is 312 g/mol. The lowest BCUT2D eigenvalue weighted by molar-refractivity contribution is 0.0697. The average Bonchev–Trinajstić information content (AvgIpc) is 2.57. The predicted octanol–water partition coefficient (Wildman–Crippen LogP) is 3.92. The van der Waals surface area contributed by atoms with Gasteiger partial charge in [-0.15, -0.1) is 0 Å². The van der Waals surface area contributed by atoms with E-state index in [9.17, 15) is 4.79 Å². The molecule has 0 saturated carbocycles. The number of aromatic carboxylic acids is 1. The molecule has 4 nitrogen and oxygen atoms in total. The van der Waals surface area contributed by atoms with Gasteiger partial charge in [0, 0.05) is 16.4 Å². The van der Waals surface area contributed by atoms with Crippen molar-refractivity contribution < 1.29 is 9.90 Å². The molecule has 3 rings (SSSR count). The van der Waals surface area contributed by atoms with Crippen LogP contribution < -0.4 is 0 Å². The molecule has 0 saturated heterocycles. The summed E-state index contributed by atoms with van der Waals surface area (Å²) in [5.74, 6) is 5.15. The van der Waals surface area contributed by atoms with E-state index < -0.39 is 5.97 Å². The fraction of sp³-hybridized carbons (Fsp3) is 0.381. The van der Waals surface area contributed by atoms with Gasteiger partial charge in [-0.25, -0.2) is 9.78 Å². The summed E-state index contributed by atoms with van der Waals surface area (Å²) >= 11 is 0. The maximum Gasteiger partial charge on any atom is 0.335 e. The molecule has 4 heteroatoms. The quantitative estimate of drug-likeness (QED) is 0.803. The van der Waals surface area contributed by atoms with Crippen molar-refractivity contribution in [1.29, 1.82) is 0 Å². The number of fused-ring (bicyclic) bond motifs is 1. The highest BCUT2D eigenvalue weighted by atomic mass is 16.4. The molecule has 0 unspecified atom stereocenters. The normalized spacial score (nSPS) is 17.1. The predicted molar refractivity (Wildman–Crippen MR) is 96.7 cm³/mol. The van der Waals surface area contributed by atoms with E-state index in [1.165, 1.54) is 0 Å². The first-order chi connectivity index (χ1) is 11.7. The summed E-state index contributed by atoms with van der Waals surface area (Å²) < 4.78 is 0. The third-order valence-electron chi connectivity index (χ3n) is 4.90. The summed E-state index contributed by atoms with van der Waals surface area (Å²) in [7, 11) is 0. The van der Waals surface area contributed by atoms with Gasteiger partial charge in [-0.05, 0) is 43.0 Å². The Bertz CT molecular complexity index is 884. The van der Waals surface area contributed by atoms with E-state index in [2.05, 4.69) is 44.5 Å². The molecule has 1 aromatic carbocycles. The van der Waals surface area contributed by atoms with Crippen LogP contribution in [0.3, 0.4) is 0 Å². The van der Waals surface area contributed by atoms with E-state index in [0.717, 1.165) is 29.8 Å². The summed E-state index contributed by atoms with van der Waals surface area (Å²) in [6.45, 7) is 8.84. The second-order valence-electron chi connectivity index (χ2n) is 7.85. The largest absolute Gasteiger partial charge is 0.478 e. The maximum atomic E-state index is 10.9. The van der Waals surface area contributed by atoms with Crippen molar-refractivity contribution in [2.24, 2.45) is 0 Å². The second-order valence-corrected chi connectivity index (χ2v) is 7.85. The summed E-state index contributed by atoms with van der Waals surface area (Å²) in [5.41, 5.74) is 3.80. The molecule has 0 bridgehead atoms. The zero-order chi connectivity index (χ0) is 18.2. The van der Waals surface area contributed by atoms with Crippen LogP contribution in [0.15, 0.2) is 30.5 Å². The van der Waals surface area contributed by atoms with Crippen molar-refractivity contribution in [1.82, 2.24) is 9.97 Å². The molecule has 25 heavy (non-hydrogen) atoms. The first-order valence-electron chi connectivity index (χ1n) is 8.42. The molecule has 0 spiro atoms. The average molecular weight is 334 g/mol. The molecular formula is C21H22N2O2. The van der Waals surface area contributed by atoms with E-state index in [-0.39, 0.29) is 16.4 Å². The van der Waals surface area contributed by atoms with Crippen molar-refractivity contribution in [3.05, 3.63) is 58.7 Å². The summed E-state index contributed by atoms with van der Waals surface area (Å²) in [5, 5.41) is 8.93. The summed E-state index contributed by atoms with van der Waals surface area (Å²) in [6.07, 6.45) is 3.92. The number of hydrogen-bond acceptors (Lipinski definition) is 3. The Morgan fingerprint density at radius 2 is 1.60 bits per heavy atom.